The molecule has 7 heteroatoms. The van der Waals surface area contributed by atoms with E-state index < -0.39 is 0 Å². The topological polar surface area (TPSA) is 51.1 Å². The minimum Gasteiger partial charge on any atom is -0.506 e. The molecule has 2 N–H and O–H groups in total. The first-order valence-corrected chi connectivity index (χ1v) is 8.90. The van der Waals surface area contributed by atoms with Crippen molar-refractivity contribution in [3.8, 4) is 5.75 Å². The Kier molecular flexibility index (Phi) is 8.15. The summed E-state index contributed by atoms with van der Waals surface area (Å²) >= 11 is 0. The number of para-hydroxylation sites is 2. The van der Waals surface area contributed by atoms with E-state index >= 15 is 0 Å². The van der Waals surface area contributed by atoms with Gasteiger partial charge < -0.3 is 20.2 Å². The number of piperazine rings is 1. The van der Waals surface area contributed by atoms with Crippen LogP contribution < -0.4 is 10.2 Å². The van der Waals surface area contributed by atoms with E-state index in [4.69, 9.17) is 0 Å². The highest BCUT2D eigenvalue weighted by Crippen LogP contribution is 2.27. The number of hydrogen-bond donors (Lipinski definition) is 2. The fourth-order valence-electron chi connectivity index (χ4n) is 3.19. The number of nitrogens with zero attached hydrogens (tertiary/aromatic N) is 3. The third kappa shape index (κ3) is 5.72. The fourth-order valence-corrected chi connectivity index (χ4v) is 3.19. The summed E-state index contributed by atoms with van der Waals surface area (Å²) < 4.78 is 13.0. The van der Waals surface area contributed by atoms with Crippen LogP contribution in [0, 0.1) is 5.82 Å². The summed E-state index contributed by atoms with van der Waals surface area (Å²) in [6.07, 6.45) is 0.817. The standard InChI is InChI=1S/C20H25FN4O.HI/c1-22-20(23-11-10-16-6-8-17(21)9-7-16)25-14-12-24(13-15-25)18-4-2-3-5-19(18)26;/h2-9,26H,10-15H2,1H3,(H,22,23);1H. The SMILES string of the molecule is CN=C(NCCc1ccc(F)cc1)N1CCN(c2ccccc2O)CC1.I. The molecule has 1 aliphatic rings. The predicted octanol–water partition coefficient (Wildman–Crippen LogP) is 3.09. The van der Waals surface area contributed by atoms with E-state index in [-0.39, 0.29) is 29.8 Å². The Morgan fingerprint density at radius 1 is 1.07 bits per heavy atom. The molecule has 1 fully saturated rings. The molecule has 0 bridgehead atoms. The summed E-state index contributed by atoms with van der Waals surface area (Å²) in [5.41, 5.74) is 1.98. The average molecular weight is 484 g/mol. The van der Waals surface area contributed by atoms with Gasteiger partial charge in [-0.05, 0) is 36.2 Å². The van der Waals surface area contributed by atoms with Gasteiger partial charge in [-0.3, -0.25) is 4.99 Å². The molecule has 2 aromatic rings. The van der Waals surface area contributed by atoms with Crippen molar-refractivity contribution in [2.75, 3.05) is 44.7 Å². The van der Waals surface area contributed by atoms with E-state index in [9.17, 15) is 9.50 Å². The van der Waals surface area contributed by atoms with Crippen molar-refractivity contribution in [1.82, 2.24) is 10.2 Å². The van der Waals surface area contributed by atoms with Crippen LogP contribution >= 0.6 is 24.0 Å². The predicted molar refractivity (Wildman–Crippen MR) is 119 cm³/mol. The van der Waals surface area contributed by atoms with Gasteiger partial charge in [0.1, 0.15) is 11.6 Å². The Bertz CT molecular complexity index is 746. The lowest BCUT2D eigenvalue weighted by Crippen LogP contribution is -2.52. The smallest absolute Gasteiger partial charge is 0.193 e. The summed E-state index contributed by atoms with van der Waals surface area (Å²) in [6, 6.07) is 14.0. The quantitative estimate of drug-likeness (QED) is 0.398. The highest BCUT2D eigenvalue weighted by atomic mass is 127. The van der Waals surface area contributed by atoms with Crippen LogP contribution in [0.2, 0.25) is 0 Å². The molecule has 0 aromatic heterocycles. The maximum atomic E-state index is 13.0. The molecular formula is C20H26FIN4O. The van der Waals surface area contributed by atoms with Crippen LogP contribution in [0.25, 0.3) is 0 Å². The van der Waals surface area contributed by atoms with Gasteiger partial charge in [-0.15, -0.1) is 24.0 Å². The number of aromatic hydroxyl groups is 1. The van der Waals surface area contributed by atoms with Gasteiger partial charge in [0.15, 0.2) is 5.96 Å². The molecule has 0 spiro atoms. The summed E-state index contributed by atoms with van der Waals surface area (Å²) in [5.74, 6) is 0.992. The van der Waals surface area contributed by atoms with Crippen LogP contribution in [0.1, 0.15) is 5.56 Å². The number of nitrogens with one attached hydrogen (secondary N) is 1. The molecular weight excluding hydrogens is 458 g/mol. The van der Waals surface area contributed by atoms with Crippen LogP contribution in [-0.2, 0) is 6.42 Å². The number of aliphatic imine (C=N–C) groups is 1. The number of hydrogen-bond acceptors (Lipinski definition) is 3. The van der Waals surface area contributed by atoms with Crippen LogP contribution in [0.15, 0.2) is 53.5 Å². The first-order chi connectivity index (χ1) is 12.7. The minimum absolute atomic E-state index is 0. The Morgan fingerprint density at radius 2 is 1.74 bits per heavy atom. The van der Waals surface area contributed by atoms with E-state index in [0.717, 1.165) is 56.4 Å². The number of phenolic OH excluding ortho intramolecular Hbond substituents is 1. The highest BCUT2D eigenvalue weighted by molar-refractivity contribution is 14.0. The van der Waals surface area contributed by atoms with Gasteiger partial charge in [-0.25, -0.2) is 4.39 Å². The number of guanidine groups is 1. The van der Waals surface area contributed by atoms with Crippen molar-refractivity contribution < 1.29 is 9.50 Å². The molecule has 5 nitrogen and oxygen atoms in total. The van der Waals surface area contributed by atoms with Gasteiger partial charge in [0.25, 0.3) is 0 Å². The van der Waals surface area contributed by atoms with Crippen molar-refractivity contribution in [3.63, 3.8) is 0 Å². The second-order valence-corrected chi connectivity index (χ2v) is 6.31. The number of benzene rings is 2. The van der Waals surface area contributed by atoms with E-state index in [1.807, 2.05) is 30.3 Å². The molecule has 2 aromatic carbocycles. The normalized spacial score (nSPS) is 14.7. The molecule has 0 atom stereocenters. The fraction of sp³-hybridized carbons (Fsp3) is 0.350. The molecule has 1 aliphatic heterocycles. The number of rotatable bonds is 4. The van der Waals surface area contributed by atoms with E-state index in [1.165, 1.54) is 12.1 Å². The zero-order valence-corrected chi connectivity index (χ0v) is 17.8. The van der Waals surface area contributed by atoms with Gasteiger partial charge in [0, 0.05) is 39.8 Å². The molecule has 3 rings (SSSR count). The molecule has 1 heterocycles. The number of anilines is 1. The molecule has 1 saturated heterocycles. The first kappa shape index (κ1) is 21.3. The first-order valence-electron chi connectivity index (χ1n) is 8.90. The Labute approximate surface area is 176 Å². The number of halogens is 2. The van der Waals surface area contributed by atoms with Crippen molar-refractivity contribution in [2.45, 2.75) is 6.42 Å². The second kappa shape index (κ2) is 10.3. The highest BCUT2D eigenvalue weighted by Gasteiger charge is 2.21. The molecule has 0 aliphatic carbocycles. The van der Waals surface area contributed by atoms with Crippen molar-refractivity contribution in [2.24, 2.45) is 4.99 Å². The van der Waals surface area contributed by atoms with Gasteiger partial charge in [0.05, 0.1) is 5.69 Å². The van der Waals surface area contributed by atoms with E-state index in [1.54, 1.807) is 13.1 Å². The summed E-state index contributed by atoms with van der Waals surface area (Å²) in [4.78, 5) is 8.79. The minimum atomic E-state index is -0.208. The van der Waals surface area contributed by atoms with E-state index in [2.05, 4.69) is 20.1 Å². The summed E-state index contributed by atoms with van der Waals surface area (Å²) in [5, 5.41) is 13.4. The number of phenols is 1. The zero-order valence-electron chi connectivity index (χ0n) is 15.4. The molecule has 0 radical (unpaired) electrons. The van der Waals surface area contributed by atoms with Gasteiger partial charge in [-0.2, -0.15) is 0 Å². The van der Waals surface area contributed by atoms with E-state index in [0.29, 0.717) is 5.75 Å². The maximum Gasteiger partial charge on any atom is 0.193 e. The molecule has 146 valence electrons. The van der Waals surface area contributed by atoms with Crippen molar-refractivity contribution in [3.05, 3.63) is 59.9 Å². The summed E-state index contributed by atoms with van der Waals surface area (Å²) in [6.45, 7) is 4.08. The third-order valence-electron chi connectivity index (χ3n) is 4.62. The van der Waals surface area contributed by atoms with Gasteiger partial charge in [0.2, 0.25) is 0 Å². The lowest BCUT2D eigenvalue weighted by molar-refractivity contribution is 0.370. The van der Waals surface area contributed by atoms with Crippen LogP contribution in [0.5, 0.6) is 5.75 Å². The van der Waals surface area contributed by atoms with Crippen molar-refractivity contribution >= 4 is 35.6 Å². The molecule has 0 amide bonds. The third-order valence-corrected chi connectivity index (χ3v) is 4.62. The Balaban J connectivity index is 0.00000261. The van der Waals surface area contributed by atoms with Crippen LogP contribution in [0.4, 0.5) is 10.1 Å². The molecule has 0 saturated carbocycles. The monoisotopic (exact) mass is 484 g/mol. The zero-order chi connectivity index (χ0) is 18.4. The van der Waals surface area contributed by atoms with Crippen LogP contribution in [-0.4, -0.2) is 55.7 Å². The second-order valence-electron chi connectivity index (χ2n) is 6.31. The van der Waals surface area contributed by atoms with Crippen LogP contribution in [0.3, 0.4) is 0 Å². The lowest BCUT2D eigenvalue weighted by Gasteiger charge is -2.37. The Morgan fingerprint density at radius 3 is 2.37 bits per heavy atom. The van der Waals surface area contributed by atoms with Crippen molar-refractivity contribution in [1.29, 1.82) is 0 Å². The lowest BCUT2D eigenvalue weighted by atomic mass is 10.1. The Hall–Kier alpha value is -2.03. The molecule has 0 unspecified atom stereocenters. The van der Waals surface area contributed by atoms with Gasteiger partial charge in [-0.1, -0.05) is 24.3 Å². The van der Waals surface area contributed by atoms with Gasteiger partial charge >= 0.3 is 0 Å². The molecule has 27 heavy (non-hydrogen) atoms. The largest absolute Gasteiger partial charge is 0.506 e. The average Bonchev–Trinajstić information content (AvgIpc) is 2.67. The maximum absolute atomic E-state index is 13.0. The summed E-state index contributed by atoms with van der Waals surface area (Å²) in [7, 11) is 1.79.